The average Bonchev–Trinajstić information content (AvgIpc) is 3.69. The number of aryl methyl sites for hydroxylation is 1. The number of sulfone groups is 1. The molecular formula is C32H36N6O6S. The van der Waals surface area contributed by atoms with Gasteiger partial charge >= 0.3 is 5.76 Å². The van der Waals surface area contributed by atoms with Crippen LogP contribution in [0.25, 0.3) is 28.3 Å². The van der Waals surface area contributed by atoms with Crippen LogP contribution in [0.5, 0.6) is 0 Å². The van der Waals surface area contributed by atoms with Crippen molar-refractivity contribution in [3.63, 3.8) is 0 Å². The van der Waals surface area contributed by atoms with E-state index in [0.717, 1.165) is 60.1 Å². The van der Waals surface area contributed by atoms with Gasteiger partial charge in [-0.2, -0.15) is 10.1 Å². The molecule has 2 aromatic carbocycles. The summed E-state index contributed by atoms with van der Waals surface area (Å²) in [5.41, 5.74) is 5.08. The third kappa shape index (κ3) is 6.69. The lowest BCUT2D eigenvalue weighted by Gasteiger charge is -2.30. The lowest BCUT2D eigenvalue weighted by Crippen LogP contribution is -2.35. The maximum absolute atomic E-state index is 14.3. The topological polar surface area (TPSA) is 154 Å². The number of hydrogen-bond donors (Lipinski definition) is 1. The van der Waals surface area contributed by atoms with Gasteiger partial charge in [0.25, 0.3) is 5.56 Å². The monoisotopic (exact) mass is 632 g/mol. The fraction of sp³-hybridized carbons (Fsp3) is 0.406. The van der Waals surface area contributed by atoms with Crippen LogP contribution in [0.1, 0.15) is 61.9 Å². The molecule has 0 saturated heterocycles. The third-order valence-electron chi connectivity index (χ3n) is 8.40. The molecule has 13 heteroatoms. The highest BCUT2D eigenvalue weighted by Crippen LogP contribution is 2.32. The van der Waals surface area contributed by atoms with E-state index in [0.29, 0.717) is 30.0 Å². The molecule has 0 radical (unpaired) electrons. The first-order valence-corrected chi connectivity index (χ1v) is 17.3. The van der Waals surface area contributed by atoms with Gasteiger partial charge in [0.15, 0.2) is 5.82 Å². The fourth-order valence-electron chi connectivity index (χ4n) is 6.21. The van der Waals surface area contributed by atoms with Crippen LogP contribution < -0.4 is 11.3 Å². The van der Waals surface area contributed by atoms with Crippen molar-refractivity contribution in [2.24, 2.45) is 0 Å². The van der Waals surface area contributed by atoms with Crippen LogP contribution >= 0.6 is 0 Å². The smallest absolute Gasteiger partial charge is 0.377 e. The van der Waals surface area contributed by atoms with E-state index in [4.69, 9.17) is 9.26 Å². The highest BCUT2D eigenvalue weighted by atomic mass is 32.2. The number of aromatic nitrogens is 6. The summed E-state index contributed by atoms with van der Waals surface area (Å²) in [6, 6.07) is 15.6. The molecule has 5 aromatic rings. The minimum absolute atomic E-state index is 0.00493. The maximum atomic E-state index is 14.3. The van der Waals surface area contributed by atoms with Crippen LogP contribution in [0.4, 0.5) is 0 Å². The van der Waals surface area contributed by atoms with Gasteiger partial charge in [0.1, 0.15) is 16.2 Å². The molecule has 1 aliphatic rings. The SMILES string of the molecule is CCCc1c(Cc2ccc(-c3ccccc3-c3noc(=O)[nH]3)cc2)c(=O)n([C@H]2CC[C@H](OCCS(C)(=O)=O)CC2)c2ncnn12. The number of ether oxygens (including phenoxy) is 1. The molecule has 0 atom stereocenters. The fourth-order valence-corrected chi connectivity index (χ4v) is 6.61. The van der Waals surface area contributed by atoms with Gasteiger partial charge < -0.3 is 4.74 Å². The molecule has 6 rings (SSSR count). The van der Waals surface area contributed by atoms with Gasteiger partial charge in [0, 0.05) is 29.8 Å². The number of nitrogens with zero attached hydrogens (tertiary/aromatic N) is 5. The summed E-state index contributed by atoms with van der Waals surface area (Å²) >= 11 is 0. The molecule has 1 aliphatic carbocycles. The first-order valence-electron chi connectivity index (χ1n) is 15.2. The zero-order valence-corrected chi connectivity index (χ0v) is 26.1. The Morgan fingerprint density at radius 1 is 1.02 bits per heavy atom. The van der Waals surface area contributed by atoms with E-state index in [1.165, 1.54) is 12.6 Å². The van der Waals surface area contributed by atoms with Gasteiger partial charge in [-0.25, -0.2) is 17.7 Å². The van der Waals surface area contributed by atoms with E-state index in [1.54, 1.807) is 4.57 Å². The highest BCUT2D eigenvalue weighted by Gasteiger charge is 2.28. The number of hydrogen-bond acceptors (Lipinski definition) is 9. The van der Waals surface area contributed by atoms with Crippen LogP contribution in [0.15, 0.2) is 69.0 Å². The number of nitrogens with one attached hydrogen (secondary N) is 1. The summed E-state index contributed by atoms with van der Waals surface area (Å²) in [5.74, 6) is 0.302. The number of fused-ring (bicyclic) bond motifs is 1. The van der Waals surface area contributed by atoms with E-state index in [9.17, 15) is 18.0 Å². The summed E-state index contributed by atoms with van der Waals surface area (Å²) in [5, 5.41) is 8.39. The first-order chi connectivity index (χ1) is 21.7. The molecule has 1 saturated carbocycles. The Morgan fingerprint density at radius 3 is 2.42 bits per heavy atom. The molecule has 1 fully saturated rings. The number of aromatic amines is 1. The van der Waals surface area contributed by atoms with E-state index in [2.05, 4.69) is 27.1 Å². The first kappa shape index (κ1) is 30.7. The largest absolute Gasteiger partial charge is 0.439 e. The van der Waals surface area contributed by atoms with Crippen LogP contribution in [0.2, 0.25) is 0 Å². The number of H-pyrrole nitrogens is 1. The van der Waals surface area contributed by atoms with Gasteiger partial charge in [-0.05, 0) is 48.8 Å². The van der Waals surface area contributed by atoms with Crippen molar-refractivity contribution in [2.45, 2.75) is 64.0 Å². The normalized spacial score (nSPS) is 17.2. The van der Waals surface area contributed by atoms with E-state index in [-0.39, 0.29) is 30.1 Å². The Labute approximate surface area is 260 Å². The average molecular weight is 633 g/mol. The second-order valence-electron chi connectivity index (χ2n) is 11.6. The lowest BCUT2D eigenvalue weighted by molar-refractivity contribution is 0.0281. The third-order valence-corrected chi connectivity index (χ3v) is 9.31. The highest BCUT2D eigenvalue weighted by molar-refractivity contribution is 7.90. The number of rotatable bonds is 11. The predicted octanol–water partition coefficient (Wildman–Crippen LogP) is 3.99. The lowest BCUT2D eigenvalue weighted by atomic mass is 9.92. The van der Waals surface area contributed by atoms with Crippen LogP contribution in [-0.2, 0) is 27.4 Å². The van der Waals surface area contributed by atoms with Gasteiger partial charge in [-0.15, -0.1) is 0 Å². The summed E-state index contributed by atoms with van der Waals surface area (Å²) in [7, 11) is -3.08. The van der Waals surface area contributed by atoms with Gasteiger partial charge in [-0.1, -0.05) is 67.0 Å². The molecule has 0 spiro atoms. The Bertz CT molecular complexity index is 2020. The second-order valence-corrected chi connectivity index (χ2v) is 13.9. The van der Waals surface area contributed by atoms with Crippen molar-refractivity contribution in [3.05, 3.63) is 92.6 Å². The van der Waals surface area contributed by atoms with Crippen molar-refractivity contribution in [1.82, 2.24) is 29.3 Å². The van der Waals surface area contributed by atoms with Crippen LogP contribution in [0.3, 0.4) is 0 Å². The maximum Gasteiger partial charge on any atom is 0.439 e. The Balaban J connectivity index is 1.28. The molecule has 236 valence electrons. The summed E-state index contributed by atoms with van der Waals surface area (Å²) in [4.78, 5) is 33.0. The van der Waals surface area contributed by atoms with Crippen LogP contribution in [0, 0.1) is 0 Å². The molecule has 0 unspecified atom stereocenters. The zero-order valence-electron chi connectivity index (χ0n) is 25.3. The van der Waals surface area contributed by atoms with Crippen molar-refractivity contribution in [2.75, 3.05) is 18.6 Å². The van der Waals surface area contributed by atoms with Gasteiger partial charge in [0.05, 0.1) is 24.2 Å². The molecule has 12 nitrogen and oxygen atoms in total. The van der Waals surface area contributed by atoms with E-state index >= 15 is 0 Å². The summed E-state index contributed by atoms with van der Waals surface area (Å²) in [6.07, 6.45) is 7.58. The predicted molar refractivity (Wildman–Crippen MR) is 169 cm³/mol. The molecule has 0 bridgehead atoms. The molecule has 45 heavy (non-hydrogen) atoms. The molecule has 1 N–H and O–H groups in total. The minimum atomic E-state index is -3.08. The van der Waals surface area contributed by atoms with Crippen molar-refractivity contribution in [1.29, 1.82) is 0 Å². The second kappa shape index (κ2) is 12.9. The van der Waals surface area contributed by atoms with Crippen LogP contribution in [-0.4, -0.2) is 62.4 Å². The molecule has 0 amide bonds. The van der Waals surface area contributed by atoms with Crippen molar-refractivity contribution >= 4 is 15.6 Å². The van der Waals surface area contributed by atoms with Gasteiger partial charge in [-0.3, -0.25) is 18.9 Å². The standard InChI is InChI=1S/C32H36N6O6S/c1-3-6-28-27(19-21-9-11-22(12-10-21)25-7-4-5-8-26(25)29-35-32(40)44-36-29)30(39)37(31-33-20-34-38(28)31)23-13-15-24(16-14-23)43-17-18-45(2,41)42/h4-5,7-12,20,23-24H,3,6,13-19H2,1-2H3,(H,35,36,40)/t23-,24-. The Kier molecular flexibility index (Phi) is 8.81. The number of benzene rings is 2. The molecule has 0 aliphatic heterocycles. The molecular weight excluding hydrogens is 596 g/mol. The van der Waals surface area contributed by atoms with Gasteiger partial charge in [0.2, 0.25) is 5.78 Å². The summed E-state index contributed by atoms with van der Waals surface area (Å²) in [6.45, 7) is 2.26. The minimum Gasteiger partial charge on any atom is -0.377 e. The van der Waals surface area contributed by atoms with E-state index < -0.39 is 15.6 Å². The van der Waals surface area contributed by atoms with E-state index in [1.807, 2.05) is 53.0 Å². The summed E-state index contributed by atoms with van der Waals surface area (Å²) < 4.78 is 37.2. The Morgan fingerprint density at radius 2 is 1.76 bits per heavy atom. The zero-order chi connectivity index (χ0) is 31.6. The van der Waals surface area contributed by atoms with Crippen molar-refractivity contribution in [3.8, 4) is 22.5 Å². The quantitative estimate of drug-likeness (QED) is 0.228. The Hall–Kier alpha value is -4.36. The molecule has 3 heterocycles. The van der Waals surface area contributed by atoms with Crippen molar-refractivity contribution < 1.29 is 17.7 Å². The molecule has 3 aromatic heterocycles.